The molecule has 0 saturated carbocycles. The van der Waals surface area contributed by atoms with Gasteiger partial charge in [0.15, 0.2) is 0 Å². The molecule has 3 aromatic rings. The summed E-state index contributed by atoms with van der Waals surface area (Å²) in [6, 6.07) is 14.7. The standard InChI is InChI=1S/C34H44N6O4/c1-25(2)22-30-33(42)36-15-20-39-19-14-35-32(39)27-8-6-9-29(23-27)44-21-7-18-40(24-31(41)37-30)34(43)26-10-12-28(13-11-26)38-16-4-3-5-17-38/h6,8-14,19,23,25,30H,3-5,7,15-18,20-22,24H2,1-2H3,(H,36,42)(H,37,41)/t30-/m1/s1. The van der Waals surface area contributed by atoms with Crippen molar-refractivity contribution in [2.75, 3.05) is 44.2 Å². The third kappa shape index (κ3) is 8.18. The number of carbonyl (C=O) groups excluding carboxylic acids is 3. The zero-order chi connectivity index (χ0) is 30.9. The Kier molecular flexibility index (Phi) is 10.5. The molecule has 3 heterocycles. The second-order valence-electron chi connectivity index (χ2n) is 12.0. The average molecular weight is 601 g/mol. The summed E-state index contributed by atoms with van der Waals surface area (Å²) in [5, 5.41) is 5.89. The molecule has 1 fully saturated rings. The van der Waals surface area contributed by atoms with Crippen LogP contribution in [0.2, 0.25) is 0 Å². The smallest absolute Gasteiger partial charge is 0.254 e. The molecule has 1 saturated heterocycles. The van der Waals surface area contributed by atoms with Crippen LogP contribution in [-0.4, -0.2) is 77.5 Å². The van der Waals surface area contributed by atoms with Gasteiger partial charge in [-0.15, -0.1) is 0 Å². The van der Waals surface area contributed by atoms with E-state index in [0.29, 0.717) is 50.4 Å². The van der Waals surface area contributed by atoms with Crippen LogP contribution in [0.5, 0.6) is 5.75 Å². The molecule has 44 heavy (non-hydrogen) atoms. The fourth-order valence-electron chi connectivity index (χ4n) is 5.86. The third-order valence-corrected chi connectivity index (χ3v) is 8.12. The normalized spacial score (nSPS) is 18.8. The maximum atomic E-state index is 13.7. The molecule has 0 spiro atoms. The van der Waals surface area contributed by atoms with E-state index in [0.717, 1.165) is 30.2 Å². The fraction of sp³-hybridized carbons (Fsp3) is 0.471. The highest BCUT2D eigenvalue weighted by molar-refractivity contribution is 5.97. The van der Waals surface area contributed by atoms with Crippen LogP contribution in [0.4, 0.5) is 5.69 Å². The summed E-state index contributed by atoms with van der Waals surface area (Å²) >= 11 is 0. The maximum absolute atomic E-state index is 13.7. The lowest BCUT2D eigenvalue weighted by molar-refractivity contribution is -0.129. The van der Waals surface area contributed by atoms with E-state index in [2.05, 4.69) is 20.5 Å². The van der Waals surface area contributed by atoms with Crippen molar-refractivity contribution in [3.63, 3.8) is 0 Å². The molecule has 0 unspecified atom stereocenters. The number of hydrogen-bond donors (Lipinski definition) is 2. The number of piperidine rings is 1. The molecule has 1 aromatic heterocycles. The summed E-state index contributed by atoms with van der Waals surface area (Å²) in [7, 11) is 0. The van der Waals surface area contributed by atoms with Crippen molar-refractivity contribution in [1.29, 1.82) is 0 Å². The van der Waals surface area contributed by atoms with Crippen LogP contribution in [0.25, 0.3) is 11.4 Å². The van der Waals surface area contributed by atoms with E-state index in [-0.39, 0.29) is 30.2 Å². The summed E-state index contributed by atoms with van der Waals surface area (Å²) in [5.74, 6) is 0.836. The Balaban J connectivity index is 1.35. The van der Waals surface area contributed by atoms with E-state index < -0.39 is 6.04 Å². The van der Waals surface area contributed by atoms with Crippen LogP contribution in [0, 0.1) is 5.92 Å². The van der Waals surface area contributed by atoms with Gasteiger partial charge in [0, 0.05) is 61.9 Å². The van der Waals surface area contributed by atoms with Crippen LogP contribution in [0.3, 0.4) is 0 Å². The molecule has 3 amide bonds. The van der Waals surface area contributed by atoms with Crippen LogP contribution in [0.15, 0.2) is 60.9 Å². The first-order valence-electron chi connectivity index (χ1n) is 15.8. The van der Waals surface area contributed by atoms with E-state index in [9.17, 15) is 14.4 Å². The first kappa shape index (κ1) is 31.1. The van der Waals surface area contributed by atoms with Gasteiger partial charge in [0.05, 0.1) is 13.2 Å². The van der Waals surface area contributed by atoms with Gasteiger partial charge in [-0.2, -0.15) is 0 Å². The van der Waals surface area contributed by atoms with Crippen molar-refractivity contribution in [1.82, 2.24) is 25.1 Å². The number of hydrogen-bond acceptors (Lipinski definition) is 6. The monoisotopic (exact) mass is 600 g/mol. The first-order chi connectivity index (χ1) is 21.4. The number of aromatic nitrogens is 2. The zero-order valence-corrected chi connectivity index (χ0v) is 25.8. The summed E-state index contributed by atoms with van der Waals surface area (Å²) in [5.41, 5.74) is 2.55. The average Bonchev–Trinajstić information content (AvgIpc) is 3.50. The number of amides is 3. The quantitative estimate of drug-likeness (QED) is 0.467. The second kappa shape index (κ2) is 14.9. The molecule has 1 atom stereocenters. The van der Waals surface area contributed by atoms with Gasteiger partial charge in [-0.25, -0.2) is 4.98 Å². The van der Waals surface area contributed by atoms with Gasteiger partial charge in [0.25, 0.3) is 5.91 Å². The topological polar surface area (TPSA) is 109 Å². The summed E-state index contributed by atoms with van der Waals surface area (Å²) in [4.78, 5) is 48.7. The fourth-order valence-corrected chi connectivity index (χ4v) is 5.86. The van der Waals surface area contributed by atoms with E-state index in [1.54, 1.807) is 11.1 Å². The number of rotatable bonds is 4. The predicted octanol–water partition coefficient (Wildman–Crippen LogP) is 4.11. The van der Waals surface area contributed by atoms with Crippen molar-refractivity contribution in [3.05, 3.63) is 66.5 Å². The first-order valence-corrected chi connectivity index (χ1v) is 15.8. The number of carbonyl (C=O) groups is 3. The highest BCUT2D eigenvalue weighted by Gasteiger charge is 2.25. The van der Waals surface area contributed by atoms with E-state index in [1.807, 2.05) is 73.1 Å². The Hall–Kier alpha value is -4.34. The lowest BCUT2D eigenvalue weighted by atomic mass is 10.0. The number of fused-ring (bicyclic) bond motifs is 4. The molecule has 2 aromatic carbocycles. The minimum atomic E-state index is -0.704. The van der Waals surface area contributed by atoms with Gasteiger partial charge in [-0.3, -0.25) is 14.4 Å². The van der Waals surface area contributed by atoms with Crippen LogP contribution in [0.1, 0.15) is 56.3 Å². The molecule has 2 bridgehead atoms. The minimum absolute atomic E-state index is 0.150. The highest BCUT2D eigenvalue weighted by atomic mass is 16.5. The predicted molar refractivity (Wildman–Crippen MR) is 171 cm³/mol. The molecular formula is C34H44N6O4. The largest absolute Gasteiger partial charge is 0.494 e. The van der Waals surface area contributed by atoms with Gasteiger partial charge in [0.2, 0.25) is 11.8 Å². The molecule has 0 radical (unpaired) electrons. The van der Waals surface area contributed by atoms with Crippen molar-refractivity contribution in [2.45, 2.75) is 58.5 Å². The molecule has 10 heteroatoms. The van der Waals surface area contributed by atoms with E-state index in [4.69, 9.17) is 4.74 Å². The van der Waals surface area contributed by atoms with Gasteiger partial charge in [0.1, 0.15) is 17.6 Å². The van der Waals surface area contributed by atoms with Crippen LogP contribution < -0.4 is 20.3 Å². The Morgan fingerprint density at radius 3 is 2.57 bits per heavy atom. The molecule has 2 aliphatic heterocycles. The zero-order valence-electron chi connectivity index (χ0n) is 25.8. The number of nitrogens with one attached hydrogen (secondary N) is 2. The van der Waals surface area contributed by atoms with Gasteiger partial charge >= 0.3 is 0 Å². The summed E-state index contributed by atoms with van der Waals surface area (Å²) in [6.07, 6.45) is 8.24. The molecule has 5 rings (SSSR count). The Labute approximate surface area is 259 Å². The molecule has 10 nitrogen and oxygen atoms in total. The molecule has 2 aliphatic rings. The van der Waals surface area contributed by atoms with Crippen LogP contribution >= 0.6 is 0 Å². The minimum Gasteiger partial charge on any atom is -0.494 e. The number of anilines is 1. The second-order valence-corrected chi connectivity index (χ2v) is 12.0. The van der Waals surface area contributed by atoms with Crippen LogP contribution in [-0.2, 0) is 16.1 Å². The maximum Gasteiger partial charge on any atom is 0.254 e. The molecule has 2 N–H and O–H groups in total. The summed E-state index contributed by atoms with van der Waals surface area (Å²) < 4.78 is 8.05. The number of ether oxygens (including phenoxy) is 1. The molecule has 0 aliphatic carbocycles. The molecular weight excluding hydrogens is 556 g/mol. The number of imidazole rings is 1. The molecule has 234 valence electrons. The van der Waals surface area contributed by atoms with Crippen molar-refractivity contribution in [2.24, 2.45) is 5.92 Å². The van der Waals surface area contributed by atoms with Gasteiger partial charge < -0.3 is 29.7 Å². The Morgan fingerprint density at radius 2 is 1.80 bits per heavy atom. The summed E-state index contributed by atoms with van der Waals surface area (Å²) in [6.45, 7) is 7.52. The number of nitrogens with zero attached hydrogens (tertiary/aromatic N) is 4. The van der Waals surface area contributed by atoms with Gasteiger partial charge in [-0.1, -0.05) is 26.0 Å². The lowest BCUT2D eigenvalue weighted by Crippen LogP contribution is -2.51. The Morgan fingerprint density at radius 1 is 1.00 bits per heavy atom. The van der Waals surface area contributed by atoms with Crippen molar-refractivity contribution in [3.8, 4) is 17.1 Å². The highest BCUT2D eigenvalue weighted by Crippen LogP contribution is 2.24. The number of benzene rings is 2. The van der Waals surface area contributed by atoms with E-state index in [1.165, 1.54) is 19.3 Å². The van der Waals surface area contributed by atoms with E-state index >= 15 is 0 Å². The Bertz CT molecular complexity index is 1410. The van der Waals surface area contributed by atoms with Crippen molar-refractivity contribution < 1.29 is 19.1 Å². The van der Waals surface area contributed by atoms with Gasteiger partial charge in [-0.05, 0) is 74.4 Å². The lowest BCUT2D eigenvalue weighted by Gasteiger charge is -2.29. The third-order valence-electron chi connectivity index (χ3n) is 8.12. The van der Waals surface area contributed by atoms with Crippen molar-refractivity contribution >= 4 is 23.4 Å². The SMILES string of the molecule is CC(C)C[C@H]1NC(=O)CN(C(=O)c2ccc(N3CCCCC3)cc2)CCCOc2cccc(c2)-c2nccn2CCNC1=O.